The summed E-state index contributed by atoms with van der Waals surface area (Å²) in [5.74, 6) is 1.03. The summed E-state index contributed by atoms with van der Waals surface area (Å²) in [5.41, 5.74) is 1.04. The molecule has 2 rings (SSSR count). The van der Waals surface area contributed by atoms with Gasteiger partial charge in [0.1, 0.15) is 5.75 Å². The largest absolute Gasteiger partial charge is 0.497 e. The molecule has 1 aliphatic heterocycles. The predicted octanol–water partition coefficient (Wildman–Crippen LogP) is 1.45. The number of carbonyl (C=O) groups excluding carboxylic acids is 1. The highest BCUT2D eigenvalue weighted by Gasteiger charge is 2.24. The minimum absolute atomic E-state index is 0.210. The molecule has 4 nitrogen and oxygen atoms in total. The van der Waals surface area contributed by atoms with E-state index in [0.717, 1.165) is 37.4 Å². The molecule has 4 heteroatoms. The molecule has 0 aliphatic carbocycles. The fraction of sp³-hybridized carbons (Fsp3) is 0.533. The first-order valence-electron chi connectivity index (χ1n) is 6.87. The molecule has 0 radical (unpaired) electrons. The average Bonchev–Trinajstić information content (AvgIpc) is 2.94. The van der Waals surface area contributed by atoms with Gasteiger partial charge in [0.05, 0.1) is 13.5 Å². The Morgan fingerprint density at radius 3 is 2.68 bits per heavy atom. The number of nitrogens with one attached hydrogen (secondary N) is 1. The number of likely N-dealkylation sites (N-methyl/N-ethyl adjacent to an activating group) is 1. The summed E-state index contributed by atoms with van der Waals surface area (Å²) in [6.07, 6.45) is 1.52. The van der Waals surface area contributed by atoms with Crippen LogP contribution < -0.4 is 10.1 Å². The third kappa shape index (κ3) is 3.47. The van der Waals surface area contributed by atoms with Gasteiger partial charge in [-0.25, -0.2) is 0 Å². The van der Waals surface area contributed by atoms with Crippen LogP contribution in [0.2, 0.25) is 0 Å². The Balaban J connectivity index is 1.97. The minimum atomic E-state index is 0.210. The van der Waals surface area contributed by atoms with Crippen molar-refractivity contribution in [2.75, 3.05) is 26.7 Å². The number of hydrogen-bond donors (Lipinski definition) is 1. The van der Waals surface area contributed by atoms with E-state index < -0.39 is 0 Å². The highest BCUT2D eigenvalue weighted by atomic mass is 16.5. The zero-order chi connectivity index (χ0) is 13.7. The predicted molar refractivity (Wildman–Crippen MR) is 75.4 cm³/mol. The molecule has 1 atom stereocenters. The summed E-state index contributed by atoms with van der Waals surface area (Å²) in [6, 6.07) is 8.07. The molecule has 1 fully saturated rings. The van der Waals surface area contributed by atoms with Crippen LogP contribution in [0, 0.1) is 0 Å². The molecular formula is C15H22N2O2. The molecule has 1 aromatic carbocycles. The maximum atomic E-state index is 12.4. The third-order valence-electron chi connectivity index (χ3n) is 3.65. The molecule has 1 heterocycles. The van der Waals surface area contributed by atoms with Gasteiger partial charge in [0.2, 0.25) is 5.91 Å². The van der Waals surface area contributed by atoms with Gasteiger partial charge in [0, 0.05) is 19.1 Å². The van der Waals surface area contributed by atoms with Crippen LogP contribution in [-0.4, -0.2) is 43.6 Å². The molecule has 104 valence electrons. The summed E-state index contributed by atoms with van der Waals surface area (Å²) >= 11 is 0. The molecule has 1 unspecified atom stereocenters. The second-order valence-corrected chi connectivity index (χ2v) is 4.85. The van der Waals surface area contributed by atoms with Gasteiger partial charge in [0.25, 0.3) is 0 Å². The Morgan fingerprint density at radius 2 is 2.16 bits per heavy atom. The molecule has 0 bridgehead atoms. The molecule has 1 amide bonds. The van der Waals surface area contributed by atoms with Gasteiger partial charge in [-0.1, -0.05) is 12.1 Å². The van der Waals surface area contributed by atoms with Crippen LogP contribution in [0.3, 0.4) is 0 Å². The van der Waals surface area contributed by atoms with E-state index in [2.05, 4.69) is 5.32 Å². The maximum absolute atomic E-state index is 12.4. The summed E-state index contributed by atoms with van der Waals surface area (Å²) in [6.45, 7) is 4.75. The molecule has 0 saturated carbocycles. The molecular weight excluding hydrogens is 240 g/mol. The fourth-order valence-electron chi connectivity index (χ4n) is 2.56. The van der Waals surface area contributed by atoms with Crippen molar-refractivity contribution in [1.29, 1.82) is 0 Å². The number of nitrogens with zero attached hydrogens (tertiary/aromatic N) is 1. The standard InChI is InChI=1S/C15H22N2O2/c1-3-17(13-8-9-16-11-13)15(18)10-12-4-6-14(19-2)7-5-12/h4-7,13,16H,3,8-11H2,1-2H3. The van der Waals surface area contributed by atoms with E-state index in [4.69, 9.17) is 4.74 Å². The van der Waals surface area contributed by atoms with E-state index in [0.29, 0.717) is 12.5 Å². The van der Waals surface area contributed by atoms with Crippen molar-refractivity contribution in [2.45, 2.75) is 25.8 Å². The second kappa shape index (κ2) is 6.57. The lowest BCUT2D eigenvalue weighted by Crippen LogP contribution is -2.42. The van der Waals surface area contributed by atoms with Crippen molar-refractivity contribution < 1.29 is 9.53 Å². The van der Waals surface area contributed by atoms with Crippen LogP contribution in [0.1, 0.15) is 18.9 Å². The van der Waals surface area contributed by atoms with Crippen molar-refractivity contribution in [1.82, 2.24) is 10.2 Å². The number of benzene rings is 1. The number of carbonyl (C=O) groups is 1. The number of amides is 1. The lowest BCUT2D eigenvalue weighted by atomic mass is 10.1. The van der Waals surface area contributed by atoms with Gasteiger partial charge in [-0.15, -0.1) is 0 Å². The second-order valence-electron chi connectivity index (χ2n) is 4.85. The Labute approximate surface area is 114 Å². The average molecular weight is 262 g/mol. The van der Waals surface area contributed by atoms with Crippen LogP contribution in [0.15, 0.2) is 24.3 Å². The summed E-state index contributed by atoms with van der Waals surface area (Å²) in [7, 11) is 1.64. The van der Waals surface area contributed by atoms with Crippen molar-refractivity contribution in [3.63, 3.8) is 0 Å². The van der Waals surface area contributed by atoms with E-state index in [-0.39, 0.29) is 5.91 Å². The zero-order valence-corrected chi connectivity index (χ0v) is 11.7. The monoisotopic (exact) mass is 262 g/mol. The van der Waals surface area contributed by atoms with Crippen LogP contribution in [0.25, 0.3) is 0 Å². The summed E-state index contributed by atoms with van der Waals surface area (Å²) < 4.78 is 5.12. The van der Waals surface area contributed by atoms with Gasteiger partial charge < -0.3 is 15.0 Å². The first-order chi connectivity index (χ1) is 9.24. The van der Waals surface area contributed by atoms with Crippen molar-refractivity contribution in [3.8, 4) is 5.75 Å². The van der Waals surface area contributed by atoms with Crippen molar-refractivity contribution in [3.05, 3.63) is 29.8 Å². The number of hydrogen-bond acceptors (Lipinski definition) is 3. The SMILES string of the molecule is CCN(C(=O)Cc1ccc(OC)cc1)C1CCNC1. The summed E-state index contributed by atoms with van der Waals surface area (Å²) in [4.78, 5) is 14.3. The van der Waals surface area contributed by atoms with Gasteiger partial charge in [-0.2, -0.15) is 0 Å². The van der Waals surface area contributed by atoms with E-state index in [1.54, 1.807) is 7.11 Å². The smallest absolute Gasteiger partial charge is 0.227 e. The Hall–Kier alpha value is -1.55. The first-order valence-corrected chi connectivity index (χ1v) is 6.87. The van der Waals surface area contributed by atoms with Gasteiger partial charge in [-0.3, -0.25) is 4.79 Å². The van der Waals surface area contributed by atoms with E-state index >= 15 is 0 Å². The third-order valence-corrected chi connectivity index (χ3v) is 3.65. The minimum Gasteiger partial charge on any atom is -0.497 e. The van der Waals surface area contributed by atoms with Crippen LogP contribution in [-0.2, 0) is 11.2 Å². The van der Waals surface area contributed by atoms with E-state index in [1.807, 2.05) is 36.1 Å². The molecule has 1 N–H and O–H groups in total. The topological polar surface area (TPSA) is 41.6 Å². The van der Waals surface area contributed by atoms with Crippen LogP contribution in [0.4, 0.5) is 0 Å². The number of rotatable bonds is 5. The van der Waals surface area contributed by atoms with Gasteiger partial charge >= 0.3 is 0 Å². The summed E-state index contributed by atoms with van der Waals surface area (Å²) in [5, 5.41) is 3.31. The molecule has 0 spiro atoms. The highest BCUT2D eigenvalue weighted by Crippen LogP contribution is 2.14. The molecule has 1 saturated heterocycles. The van der Waals surface area contributed by atoms with Gasteiger partial charge in [-0.05, 0) is 37.6 Å². The van der Waals surface area contributed by atoms with E-state index in [1.165, 1.54) is 0 Å². The Kier molecular flexibility index (Phi) is 4.80. The number of ether oxygens (including phenoxy) is 1. The van der Waals surface area contributed by atoms with Gasteiger partial charge in [0.15, 0.2) is 0 Å². The Bertz CT molecular complexity index is 411. The lowest BCUT2D eigenvalue weighted by Gasteiger charge is -2.27. The lowest BCUT2D eigenvalue weighted by molar-refractivity contribution is -0.132. The van der Waals surface area contributed by atoms with Crippen LogP contribution >= 0.6 is 0 Å². The fourth-order valence-corrected chi connectivity index (χ4v) is 2.56. The van der Waals surface area contributed by atoms with Crippen LogP contribution in [0.5, 0.6) is 5.75 Å². The zero-order valence-electron chi connectivity index (χ0n) is 11.7. The maximum Gasteiger partial charge on any atom is 0.227 e. The number of methoxy groups -OCH3 is 1. The quantitative estimate of drug-likeness (QED) is 0.873. The molecule has 0 aromatic heterocycles. The normalized spacial score (nSPS) is 18.3. The molecule has 1 aliphatic rings. The van der Waals surface area contributed by atoms with Crippen molar-refractivity contribution in [2.24, 2.45) is 0 Å². The van der Waals surface area contributed by atoms with Crippen molar-refractivity contribution >= 4 is 5.91 Å². The van der Waals surface area contributed by atoms with E-state index in [9.17, 15) is 4.79 Å². The molecule has 19 heavy (non-hydrogen) atoms. The first kappa shape index (κ1) is 13.9. The Morgan fingerprint density at radius 1 is 1.42 bits per heavy atom. The molecule has 1 aromatic rings. The highest BCUT2D eigenvalue weighted by molar-refractivity contribution is 5.79.